The van der Waals surface area contributed by atoms with Crippen LogP contribution in [0.15, 0.2) is 54.3 Å². The number of carbonyl (C=O) groups excluding carboxylic acids is 1. The van der Waals surface area contributed by atoms with Crippen LogP contribution < -0.4 is 9.47 Å². The van der Waals surface area contributed by atoms with Gasteiger partial charge >= 0.3 is 5.97 Å². The van der Waals surface area contributed by atoms with Crippen LogP contribution in [-0.4, -0.2) is 59.5 Å². The molecule has 1 spiro atoms. The van der Waals surface area contributed by atoms with Gasteiger partial charge in [-0.15, -0.1) is 0 Å². The van der Waals surface area contributed by atoms with Crippen molar-refractivity contribution in [2.75, 3.05) is 20.7 Å². The summed E-state index contributed by atoms with van der Waals surface area (Å²) >= 11 is 0. The van der Waals surface area contributed by atoms with Crippen LogP contribution in [0.5, 0.6) is 11.5 Å². The molecule has 5 atom stereocenters. The average molecular weight is 450 g/mol. The van der Waals surface area contributed by atoms with Gasteiger partial charge in [0, 0.05) is 18.0 Å². The van der Waals surface area contributed by atoms with E-state index in [1.165, 1.54) is 0 Å². The molecule has 2 aromatic rings. The van der Waals surface area contributed by atoms with Gasteiger partial charge in [0.15, 0.2) is 23.7 Å². The molecule has 0 aromatic heterocycles. The number of ether oxygens (including phenoxy) is 3. The molecular formula is C26H27NO6. The normalized spacial score (nSPS) is 32.3. The quantitative estimate of drug-likeness (QED) is 0.692. The molecule has 0 radical (unpaired) electrons. The Morgan fingerprint density at radius 2 is 2.03 bits per heavy atom. The molecule has 0 amide bonds. The predicted molar refractivity (Wildman–Crippen MR) is 119 cm³/mol. The van der Waals surface area contributed by atoms with E-state index in [9.17, 15) is 15.0 Å². The molecule has 2 aromatic carbocycles. The number of nitrogens with zero attached hydrogens (tertiary/aromatic N) is 1. The van der Waals surface area contributed by atoms with E-state index in [1.807, 2.05) is 19.2 Å². The number of rotatable bonds is 4. The van der Waals surface area contributed by atoms with E-state index in [-0.39, 0.29) is 6.04 Å². The molecule has 0 saturated carbocycles. The van der Waals surface area contributed by atoms with Crippen LogP contribution in [-0.2, 0) is 21.4 Å². The highest BCUT2D eigenvalue weighted by Gasteiger charge is 2.72. The number of hydrogen-bond acceptors (Lipinski definition) is 7. The third-order valence-corrected chi connectivity index (χ3v) is 8.11. The summed E-state index contributed by atoms with van der Waals surface area (Å²) in [6.07, 6.45) is 1.38. The summed E-state index contributed by atoms with van der Waals surface area (Å²) in [5.41, 5.74) is 0.757. The van der Waals surface area contributed by atoms with E-state index in [0.717, 1.165) is 17.7 Å². The lowest BCUT2D eigenvalue weighted by Crippen LogP contribution is -2.74. The Morgan fingerprint density at radius 3 is 2.79 bits per heavy atom. The molecule has 2 aliphatic heterocycles. The highest BCUT2D eigenvalue weighted by molar-refractivity contribution is 5.77. The first kappa shape index (κ1) is 20.7. The van der Waals surface area contributed by atoms with Crippen molar-refractivity contribution in [3.05, 3.63) is 71.0 Å². The average Bonchev–Trinajstić information content (AvgIpc) is 3.19. The van der Waals surface area contributed by atoms with Crippen LogP contribution in [0.1, 0.15) is 35.6 Å². The number of likely N-dealkylation sites (tertiary alicyclic amines) is 1. The lowest BCUT2D eigenvalue weighted by Gasteiger charge is -2.61. The zero-order valence-electron chi connectivity index (χ0n) is 18.7. The Hall–Kier alpha value is -2.87. The van der Waals surface area contributed by atoms with Gasteiger partial charge in [0.1, 0.15) is 5.76 Å². The summed E-state index contributed by atoms with van der Waals surface area (Å²) in [7, 11) is 3.64. The van der Waals surface area contributed by atoms with Crippen LogP contribution in [0, 0.1) is 0 Å². The summed E-state index contributed by atoms with van der Waals surface area (Å²) in [4.78, 5) is 15.1. The van der Waals surface area contributed by atoms with E-state index in [0.29, 0.717) is 42.1 Å². The molecule has 4 aliphatic rings. The minimum Gasteiger partial charge on any atom is -0.493 e. The Kier molecular flexibility index (Phi) is 4.43. The lowest BCUT2D eigenvalue weighted by molar-refractivity contribution is -0.172. The SMILES string of the molecule is COc1ccc2c3c1O[C@H]1C(OC(=O)[C@H](O)c4ccccc4)=CC[C@@]4(O)[C@H](C2)N(C)CC[C@]314. The van der Waals surface area contributed by atoms with Gasteiger partial charge in [-0.2, -0.15) is 0 Å². The number of aliphatic hydroxyl groups excluding tert-OH is 1. The fourth-order valence-electron chi connectivity index (χ4n) is 6.53. The number of carbonyl (C=O) groups is 1. The van der Waals surface area contributed by atoms with Gasteiger partial charge in [0.05, 0.1) is 18.1 Å². The molecule has 0 unspecified atom stereocenters. The van der Waals surface area contributed by atoms with Crippen molar-refractivity contribution in [3.63, 3.8) is 0 Å². The minimum absolute atomic E-state index is 0.0763. The van der Waals surface area contributed by atoms with E-state index in [2.05, 4.69) is 11.0 Å². The number of aliphatic hydroxyl groups is 2. The Morgan fingerprint density at radius 1 is 1.24 bits per heavy atom. The molecule has 2 aliphatic carbocycles. The fourth-order valence-corrected chi connectivity index (χ4v) is 6.53. The van der Waals surface area contributed by atoms with Crippen molar-refractivity contribution in [1.82, 2.24) is 4.90 Å². The lowest BCUT2D eigenvalue weighted by atomic mass is 9.50. The fraction of sp³-hybridized carbons (Fsp3) is 0.423. The van der Waals surface area contributed by atoms with E-state index < -0.39 is 29.2 Å². The Balaban J connectivity index is 1.44. The zero-order valence-corrected chi connectivity index (χ0v) is 18.7. The number of methoxy groups -OCH3 is 1. The Bertz CT molecular complexity index is 1160. The molecule has 172 valence electrons. The molecule has 1 saturated heterocycles. The second kappa shape index (κ2) is 7.06. The maximum absolute atomic E-state index is 12.9. The van der Waals surface area contributed by atoms with Crippen LogP contribution in [0.3, 0.4) is 0 Å². The number of hydrogen-bond donors (Lipinski definition) is 2. The van der Waals surface area contributed by atoms with Crippen LogP contribution in [0.4, 0.5) is 0 Å². The summed E-state index contributed by atoms with van der Waals surface area (Å²) in [6, 6.07) is 12.6. The van der Waals surface area contributed by atoms with Gasteiger partial charge in [-0.05, 0) is 49.7 Å². The first-order valence-electron chi connectivity index (χ1n) is 11.3. The van der Waals surface area contributed by atoms with Gasteiger partial charge in [-0.25, -0.2) is 4.79 Å². The standard InChI is InChI=1S/C26H27NO6/c1-27-13-12-25-20-16-8-9-17(31-2)22(20)33-23(25)18(10-11-26(25,30)19(27)14-16)32-24(29)21(28)15-6-4-3-5-7-15/h3-10,19,21,23,28,30H,11-14H2,1-2H3/t19-,21+,23-,25-,26+/m0/s1. The maximum atomic E-state index is 12.9. The number of esters is 1. The largest absolute Gasteiger partial charge is 0.493 e. The maximum Gasteiger partial charge on any atom is 0.344 e. The topological polar surface area (TPSA) is 88.5 Å². The van der Waals surface area contributed by atoms with Crippen molar-refractivity contribution in [1.29, 1.82) is 0 Å². The summed E-state index contributed by atoms with van der Waals surface area (Å²) in [5, 5.41) is 22.8. The summed E-state index contributed by atoms with van der Waals surface area (Å²) < 4.78 is 17.8. The number of piperidine rings is 1. The Labute approximate surface area is 192 Å². The van der Waals surface area contributed by atoms with Gasteiger partial charge in [-0.1, -0.05) is 36.4 Å². The molecule has 33 heavy (non-hydrogen) atoms. The molecule has 7 nitrogen and oxygen atoms in total. The van der Waals surface area contributed by atoms with Gasteiger partial charge in [-0.3, -0.25) is 0 Å². The molecular weight excluding hydrogens is 422 g/mol. The first-order chi connectivity index (χ1) is 15.9. The van der Waals surface area contributed by atoms with Gasteiger partial charge in [0.2, 0.25) is 0 Å². The minimum atomic E-state index is -1.41. The summed E-state index contributed by atoms with van der Waals surface area (Å²) in [5.74, 6) is 0.802. The smallest absolute Gasteiger partial charge is 0.344 e. The highest BCUT2D eigenvalue weighted by Crippen LogP contribution is 2.65. The zero-order chi connectivity index (χ0) is 23.0. The van der Waals surface area contributed by atoms with Crippen molar-refractivity contribution < 1.29 is 29.2 Å². The first-order valence-corrected chi connectivity index (χ1v) is 11.3. The van der Waals surface area contributed by atoms with E-state index in [4.69, 9.17) is 14.2 Å². The van der Waals surface area contributed by atoms with Crippen molar-refractivity contribution in [2.24, 2.45) is 0 Å². The second-order valence-electron chi connectivity index (χ2n) is 9.52. The van der Waals surface area contributed by atoms with E-state index >= 15 is 0 Å². The number of likely N-dealkylation sites (N-methyl/N-ethyl adjacent to an activating group) is 1. The molecule has 2 heterocycles. The van der Waals surface area contributed by atoms with E-state index in [1.54, 1.807) is 37.5 Å². The molecule has 1 fully saturated rings. The van der Waals surface area contributed by atoms with Crippen molar-refractivity contribution in [2.45, 2.75) is 48.5 Å². The third kappa shape index (κ3) is 2.58. The second-order valence-corrected chi connectivity index (χ2v) is 9.52. The van der Waals surface area contributed by atoms with Crippen LogP contribution in [0.25, 0.3) is 0 Å². The van der Waals surface area contributed by atoms with Gasteiger partial charge < -0.3 is 29.3 Å². The third-order valence-electron chi connectivity index (χ3n) is 8.11. The highest BCUT2D eigenvalue weighted by atomic mass is 16.6. The molecule has 2 N–H and O–H groups in total. The van der Waals surface area contributed by atoms with Gasteiger partial charge in [0.25, 0.3) is 0 Å². The monoisotopic (exact) mass is 449 g/mol. The van der Waals surface area contributed by atoms with Crippen molar-refractivity contribution in [3.8, 4) is 11.5 Å². The van der Waals surface area contributed by atoms with Crippen LogP contribution in [0.2, 0.25) is 0 Å². The van der Waals surface area contributed by atoms with Crippen LogP contribution >= 0.6 is 0 Å². The number of benzene rings is 2. The summed E-state index contributed by atoms with van der Waals surface area (Å²) in [6.45, 7) is 0.788. The predicted octanol–water partition coefficient (Wildman–Crippen LogP) is 2.25. The molecule has 2 bridgehead atoms. The molecule has 7 heteroatoms. The van der Waals surface area contributed by atoms with Crippen molar-refractivity contribution >= 4 is 5.97 Å². The molecule has 6 rings (SSSR count).